The molecule has 0 saturated heterocycles. The number of anilines is 1. The predicted molar refractivity (Wildman–Crippen MR) is 87.5 cm³/mol. The maximum atomic E-state index is 12.2. The number of carbonyl (C=O) groups excluding carboxylic acids is 1. The molecule has 5 heteroatoms. The average molecular weight is 340 g/mol. The third-order valence-electron chi connectivity index (χ3n) is 6.02. The molecule has 1 N–H and O–H groups in total. The standard InChI is InChI=1S/C17H19Cl2NO2/c18-13-4-3-11(9-14(13)19)20-16(21)22-15-8-10-5-7-17(15)6-1-2-12(10)17/h3-4,9-10,12,15H,1-2,5-8H2,(H,20,21)/t10-,12-,15-,17-/m1/s1. The van der Waals surface area contributed by atoms with E-state index in [0.29, 0.717) is 15.7 Å². The molecule has 0 heterocycles. The zero-order chi connectivity index (χ0) is 15.3. The van der Waals surface area contributed by atoms with Gasteiger partial charge in [-0.15, -0.1) is 0 Å². The van der Waals surface area contributed by atoms with Gasteiger partial charge in [-0.3, -0.25) is 5.32 Å². The Morgan fingerprint density at radius 3 is 2.91 bits per heavy atom. The van der Waals surface area contributed by atoms with Crippen LogP contribution in [0.3, 0.4) is 0 Å². The molecule has 0 radical (unpaired) electrons. The Morgan fingerprint density at radius 1 is 1.23 bits per heavy atom. The summed E-state index contributed by atoms with van der Waals surface area (Å²) in [5, 5.41) is 3.67. The predicted octanol–water partition coefficient (Wildman–Crippen LogP) is 5.51. The van der Waals surface area contributed by atoms with Gasteiger partial charge in [0.15, 0.2) is 0 Å². The highest BCUT2D eigenvalue weighted by molar-refractivity contribution is 6.42. The highest BCUT2D eigenvalue weighted by Crippen LogP contribution is 2.66. The Labute approximate surface area is 140 Å². The number of amides is 1. The molecule has 2 bridgehead atoms. The van der Waals surface area contributed by atoms with E-state index < -0.39 is 0 Å². The molecule has 0 aliphatic heterocycles. The van der Waals surface area contributed by atoms with E-state index in [1.807, 2.05) is 0 Å². The summed E-state index contributed by atoms with van der Waals surface area (Å²) in [7, 11) is 0. The molecule has 3 saturated carbocycles. The van der Waals surface area contributed by atoms with E-state index in [-0.39, 0.29) is 17.6 Å². The normalized spacial score (nSPS) is 35.5. The first-order chi connectivity index (χ1) is 10.6. The summed E-state index contributed by atoms with van der Waals surface area (Å²) in [6.45, 7) is 0. The van der Waals surface area contributed by atoms with Crippen LogP contribution in [0.2, 0.25) is 10.0 Å². The molecule has 1 amide bonds. The molecule has 0 spiro atoms. The molecule has 3 aliphatic carbocycles. The Kier molecular flexibility index (Phi) is 3.54. The van der Waals surface area contributed by atoms with E-state index in [1.165, 1.54) is 32.1 Å². The van der Waals surface area contributed by atoms with Gasteiger partial charge in [-0.05, 0) is 62.1 Å². The van der Waals surface area contributed by atoms with Crippen LogP contribution in [-0.2, 0) is 4.74 Å². The highest BCUT2D eigenvalue weighted by atomic mass is 35.5. The fourth-order valence-corrected chi connectivity index (χ4v) is 5.46. The highest BCUT2D eigenvalue weighted by Gasteiger charge is 2.62. The SMILES string of the molecule is O=C(Nc1ccc(Cl)c(Cl)c1)O[C@@H]1C[C@H]2CC[C@@]13CCC[C@H]23. The molecule has 0 aromatic heterocycles. The quantitative estimate of drug-likeness (QED) is 0.771. The van der Waals surface area contributed by atoms with Crippen LogP contribution in [-0.4, -0.2) is 12.2 Å². The number of hydrogen-bond donors (Lipinski definition) is 1. The summed E-state index contributed by atoms with van der Waals surface area (Å²) in [6, 6.07) is 5.04. The van der Waals surface area contributed by atoms with Gasteiger partial charge in [-0.25, -0.2) is 4.79 Å². The van der Waals surface area contributed by atoms with Crippen LogP contribution < -0.4 is 5.32 Å². The molecule has 3 aliphatic rings. The van der Waals surface area contributed by atoms with Crippen molar-refractivity contribution >= 4 is 35.0 Å². The molecule has 0 unspecified atom stereocenters. The fourth-order valence-electron chi connectivity index (χ4n) is 5.16. The van der Waals surface area contributed by atoms with Crippen molar-refractivity contribution in [2.24, 2.45) is 17.3 Å². The molecule has 1 aromatic carbocycles. The topological polar surface area (TPSA) is 38.3 Å². The summed E-state index contributed by atoms with van der Waals surface area (Å²) in [5.74, 6) is 1.56. The van der Waals surface area contributed by atoms with E-state index in [0.717, 1.165) is 18.3 Å². The van der Waals surface area contributed by atoms with E-state index in [4.69, 9.17) is 27.9 Å². The van der Waals surface area contributed by atoms with Crippen molar-refractivity contribution in [3.05, 3.63) is 28.2 Å². The van der Waals surface area contributed by atoms with Crippen LogP contribution in [0.1, 0.15) is 38.5 Å². The van der Waals surface area contributed by atoms with E-state index in [1.54, 1.807) is 18.2 Å². The monoisotopic (exact) mass is 339 g/mol. The first-order valence-corrected chi connectivity index (χ1v) is 8.77. The summed E-state index contributed by atoms with van der Waals surface area (Å²) >= 11 is 11.8. The second-order valence-electron chi connectivity index (χ2n) is 6.91. The first-order valence-electron chi connectivity index (χ1n) is 8.01. The Balaban J connectivity index is 1.43. The maximum Gasteiger partial charge on any atom is 0.411 e. The van der Waals surface area contributed by atoms with Crippen molar-refractivity contribution in [3.8, 4) is 0 Å². The van der Waals surface area contributed by atoms with Gasteiger partial charge in [0, 0.05) is 11.1 Å². The fraction of sp³-hybridized carbons (Fsp3) is 0.588. The minimum atomic E-state index is -0.379. The number of halogens is 2. The molecule has 118 valence electrons. The summed E-state index contributed by atoms with van der Waals surface area (Å²) < 4.78 is 5.80. The average Bonchev–Trinajstić information content (AvgIpc) is 3.10. The molecule has 3 nitrogen and oxygen atoms in total. The van der Waals surface area contributed by atoms with Crippen LogP contribution >= 0.6 is 23.2 Å². The van der Waals surface area contributed by atoms with Crippen LogP contribution in [0.25, 0.3) is 0 Å². The number of hydrogen-bond acceptors (Lipinski definition) is 2. The lowest BCUT2D eigenvalue weighted by Gasteiger charge is -2.33. The summed E-state index contributed by atoms with van der Waals surface area (Å²) in [5.41, 5.74) is 0.891. The van der Waals surface area contributed by atoms with E-state index >= 15 is 0 Å². The van der Waals surface area contributed by atoms with Gasteiger partial charge in [0.25, 0.3) is 0 Å². The van der Waals surface area contributed by atoms with Gasteiger partial charge in [0.2, 0.25) is 0 Å². The van der Waals surface area contributed by atoms with Gasteiger partial charge in [0.05, 0.1) is 10.0 Å². The molecular weight excluding hydrogens is 321 g/mol. The molecule has 4 rings (SSSR count). The zero-order valence-electron chi connectivity index (χ0n) is 12.3. The van der Waals surface area contributed by atoms with Crippen LogP contribution in [0.15, 0.2) is 18.2 Å². The largest absolute Gasteiger partial charge is 0.445 e. The third kappa shape index (κ3) is 2.21. The van der Waals surface area contributed by atoms with Gasteiger partial charge in [-0.2, -0.15) is 0 Å². The first kappa shape index (κ1) is 14.6. The van der Waals surface area contributed by atoms with Crippen molar-refractivity contribution in [1.29, 1.82) is 0 Å². The molecular formula is C17H19Cl2NO2. The lowest BCUT2D eigenvalue weighted by molar-refractivity contribution is 0.0173. The molecule has 1 aromatic rings. The van der Waals surface area contributed by atoms with E-state index in [2.05, 4.69) is 5.32 Å². The van der Waals surface area contributed by atoms with Gasteiger partial charge in [0.1, 0.15) is 6.10 Å². The summed E-state index contributed by atoms with van der Waals surface area (Å²) in [4.78, 5) is 12.2. The smallest absolute Gasteiger partial charge is 0.411 e. The summed E-state index contributed by atoms with van der Waals surface area (Å²) in [6.07, 6.45) is 7.12. The zero-order valence-corrected chi connectivity index (χ0v) is 13.8. The number of ether oxygens (including phenoxy) is 1. The minimum Gasteiger partial charge on any atom is -0.445 e. The second kappa shape index (κ2) is 5.31. The number of benzene rings is 1. The van der Waals surface area contributed by atoms with Crippen molar-refractivity contribution in [2.45, 2.75) is 44.6 Å². The number of carbonyl (C=O) groups is 1. The molecule has 4 atom stereocenters. The third-order valence-corrected chi connectivity index (χ3v) is 6.76. The molecule has 3 fully saturated rings. The second-order valence-corrected chi connectivity index (χ2v) is 7.73. The molecule has 22 heavy (non-hydrogen) atoms. The van der Waals surface area contributed by atoms with Crippen LogP contribution in [0, 0.1) is 17.3 Å². The minimum absolute atomic E-state index is 0.0847. The Bertz CT molecular complexity index is 617. The van der Waals surface area contributed by atoms with Crippen molar-refractivity contribution in [3.63, 3.8) is 0 Å². The van der Waals surface area contributed by atoms with Crippen LogP contribution in [0.4, 0.5) is 10.5 Å². The van der Waals surface area contributed by atoms with Crippen LogP contribution in [0.5, 0.6) is 0 Å². The number of rotatable bonds is 2. The lowest BCUT2D eigenvalue weighted by Crippen LogP contribution is -2.36. The Morgan fingerprint density at radius 2 is 2.09 bits per heavy atom. The van der Waals surface area contributed by atoms with Gasteiger partial charge >= 0.3 is 6.09 Å². The lowest BCUT2D eigenvalue weighted by atomic mass is 9.78. The van der Waals surface area contributed by atoms with Crippen molar-refractivity contribution in [2.75, 3.05) is 5.32 Å². The van der Waals surface area contributed by atoms with Gasteiger partial charge in [-0.1, -0.05) is 29.6 Å². The maximum absolute atomic E-state index is 12.2. The number of nitrogens with one attached hydrogen (secondary N) is 1. The van der Waals surface area contributed by atoms with E-state index in [9.17, 15) is 4.79 Å². The van der Waals surface area contributed by atoms with Crippen molar-refractivity contribution in [1.82, 2.24) is 0 Å². The Hall–Kier alpha value is -0.930. The van der Waals surface area contributed by atoms with Crippen molar-refractivity contribution < 1.29 is 9.53 Å². The van der Waals surface area contributed by atoms with Gasteiger partial charge < -0.3 is 4.74 Å².